The molecule has 0 aromatic heterocycles. The lowest BCUT2D eigenvalue weighted by molar-refractivity contribution is -0.167. The van der Waals surface area contributed by atoms with Gasteiger partial charge in [-0.25, -0.2) is 0 Å². The number of hydrogen-bond acceptors (Lipinski definition) is 6. The maximum Gasteiger partial charge on any atom is 0.306 e. The van der Waals surface area contributed by atoms with E-state index >= 15 is 0 Å². The van der Waals surface area contributed by atoms with Gasteiger partial charge >= 0.3 is 17.9 Å². The quantitative estimate of drug-likeness (QED) is 0.0261. The van der Waals surface area contributed by atoms with Crippen molar-refractivity contribution in [3.05, 3.63) is 146 Å². The molecule has 0 aromatic rings. The molecule has 0 rings (SSSR count). The van der Waals surface area contributed by atoms with Crippen LogP contribution >= 0.6 is 0 Å². The molecule has 0 aliphatic carbocycles. The van der Waals surface area contributed by atoms with E-state index < -0.39 is 6.10 Å². The molecule has 0 spiro atoms. The minimum absolute atomic E-state index is 0.104. The van der Waals surface area contributed by atoms with Gasteiger partial charge in [-0.3, -0.25) is 14.4 Å². The molecule has 6 nitrogen and oxygen atoms in total. The molecule has 0 radical (unpaired) electrons. The smallest absolute Gasteiger partial charge is 0.306 e. The number of carbonyl (C=O) groups excluding carboxylic acids is 3. The van der Waals surface area contributed by atoms with E-state index in [0.29, 0.717) is 19.3 Å². The second kappa shape index (κ2) is 68.8. The molecule has 82 heavy (non-hydrogen) atoms. The average molecular weight is 1130 g/mol. The Bertz CT molecular complexity index is 1780. The van der Waals surface area contributed by atoms with Crippen molar-refractivity contribution in [1.29, 1.82) is 0 Å². The summed E-state index contributed by atoms with van der Waals surface area (Å²) >= 11 is 0. The van der Waals surface area contributed by atoms with E-state index in [4.69, 9.17) is 14.2 Å². The summed E-state index contributed by atoms with van der Waals surface area (Å²) in [4.78, 5) is 38.4. The van der Waals surface area contributed by atoms with Crippen LogP contribution in [0.5, 0.6) is 0 Å². The van der Waals surface area contributed by atoms with Crippen molar-refractivity contribution < 1.29 is 28.6 Å². The van der Waals surface area contributed by atoms with Crippen molar-refractivity contribution >= 4 is 17.9 Å². The van der Waals surface area contributed by atoms with Crippen LogP contribution in [-0.4, -0.2) is 37.2 Å². The highest BCUT2D eigenvalue weighted by Gasteiger charge is 2.19. The number of ether oxygens (including phenoxy) is 3. The van der Waals surface area contributed by atoms with E-state index in [9.17, 15) is 14.4 Å². The molecule has 0 amide bonds. The highest BCUT2D eigenvalue weighted by atomic mass is 16.6. The Balaban J connectivity index is 4.51. The Kier molecular flexibility index (Phi) is 64.8. The zero-order chi connectivity index (χ0) is 59.2. The van der Waals surface area contributed by atoms with Gasteiger partial charge in [0.25, 0.3) is 0 Å². The monoisotopic (exact) mass is 1130 g/mol. The van der Waals surface area contributed by atoms with Crippen molar-refractivity contribution in [2.45, 2.75) is 303 Å². The summed E-state index contributed by atoms with van der Waals surface area (Å²) in [6.07, 6.45) is 98.6. The molecule has 0 saturated carbocycles. The lowest BCUT2D eigenvalue weighted by atomic mass is 10.0. The molecule has 0 N–H and O–H groups in total. The first-order valence-electron chi connectivity index (χ1n) is 33.8. The van der Waals surface area contributed by atoms with E-state index in [1.807, 2.05) is 0 Å². The van der Waals surface area contributed by atoms with E-state index in [-0.39, 0.29) is 37.5 Å². The summed E-state index contributed by atoms with van der Waals surface area (Å²) < 4.78 is 16.9. The van der Waals surface area contributed by atoms with Crippen molar-refractivity contribution in [1.82, 2.24) is 0 Å². The zero-order valence-corrected chi connectivity index (χ0v) is 53.2. The maximum atomic E-state index is 13.0. The summed E-state index contributed by atoms with van der Waals surface area (Å²) in [5.74, 6) is -0.970. The molecule has 0 saturated heterocycles. The Hall–Kier alpha value is -4.71. The fourth-order valence-corrected chi connectivity index (χ4v) is 9.07. The largest absolute Gasteiger partial charge is 0.462 e. The third kappa shape index (κ3) is 66.1. The Morgan fingerprint density at radius 3 is 0.805 bits per heavy atom. The SMILES string of the molecule is CC/C=C\C/C=C\C/C=C\C/C=C\C/C=C\C/C=C\C/C=C\CCCC(=O)OCC(COC(=O)CCCCCCCCC/C=C\CCCCCCCCC)OC(=O)CCCCCCCCCCCC/C=C\C/C=C\C/C=C\C/C=C\CC. The Morgan fingerprint density at radius 1 is 0.256 bits per heavy atom. The van der Waals surface area contributed by atoms with Crippen LogP contribution < -0.4 is 0 Å². The molecule has 1 atom stereocenters. The van der Waals surface area contributed by atoms with E-state index in [1.165, 1.54) is 135 Å². The first kappa shape index (κ1) is 77.3. The van der Waals surface area contributed by atoms with Crippen LogP contribution in [0.4, 0.5) is 0 Å². The normalized spacial score (nSPS) is 13.1. The molecule has 0 aromatic carbocycles. The third-order valence-corrected chi connectivity index (χ3v) is 14.1. The standard InChI is InChI=1S/C76H124O6/c1-4-7-10-13-16-19-22-25-28-31-34-36-38-40-42-45-48-51-54-57-60-63-66-69-75(78)81-72-73(71-80-74(77)68-65-62-59-56-53-50-47-44-33-30-27-24-21-18-15-12-9-6-3)82-76(79)70-67-64-61-58-55-52-49-46-43-41-39-37-35-32-29-26-23-20-17-14-11-8-5-2/h7-8,10-11,16-17,19-20,25-26,28-30,33-37,40,42,48,51,57,60,73H,4-6,9,12-15,18,21-24,27,31-32,38-39,41,43-47,49-50,52-56,58-59,61-72H2,1-3H3/b10-7-,11-8-,19-16-,20-17-,28-25-,29-26-,33-30-,36-34-,37-35-,42-40-,51-48-,60-57-. The molecular formula is C76H124O6. The summed E-state index contributed by atoms with van der Waals surface area (Å²) in [7, 11) is 0. The van der Waals surface area contributed by atoms with E-state index in [2.05, 4.69) is 167 Å². The number of esters is 3. The molecule has 0 bridgehead atoms. The maximum absolute atomic E-state index is 13.0. The molecule has 6 heteroatoms. The fraction of sp³-hybridized carbons (Fsp3) is 0.645. The molecule has 1 unspecified atom stereocenters. The van der Waals surface area contributed by atoms with E-state index in [1.54, 1.807) is 0 Å². The van der Waals surface area contributed by atoms with Crippen molar-refractivity contribution in [2.24, 2.45) is 0 Å². The van der Waals surface area contributed by atoms with Gasteiger partial charge in [0, 0.05) is 19.3 Å². The minimum atomic E-state index is -0.814. The van der Waals surface area contributed by atoms with Gasteiger partial charge in [0.05, 0.1) is 0 Å². The van der Waals surface area contributed by atoms with Crippen molar-refractivity contribution in [3.63, 3.8) is 0 Å². The number of rotatable bonds is 60. The van der Waals surface area contributed by atoms with Crippen LogP contribution in [0, 0.1) is 0 Å². The number of hydrogen-bond donors (Lipinski definition) is 0. The number of allylic oxidation sites excluding steroid dienone is 24. The highest BCUT2D eigenvalue weighted by Crippen LogP contribution is 2.15. The van der Waals surface area contributed by atoms with Crippen LogP contribution in [0.3, 0.4) is 0 Å². The predicted molar refractivity (Wildman–Crippen MR) is 357 cm³/mol. The first-order valence-corrected chi connectivity index (χ1v) is 33.8. The molecular weight excluding hydrogens is 1010 g/mol. The first-order chi connectivity index (χ1) is 40.5. The van der Waals surface area contributed by atoms with Crippen LogP contribution in [0.2, 0.25) is 0 Å². The average Bonchev–Trinajstić information content (AvgIpc) is 3.47. The van der Waals surface area contributed by atoms with Gasteiger partial charge in [-0.2, -0.15) is 0 Å². The van der Waals surface area contributed by atoms with Gasteiger partial charge in [0.2, 0.25) is 0 Å². The molecule has 0 aliphatic rings. The van der Waals surface area contributed by atoms with Gasteiger partial charge in [0.1, 0.15) is 13.2 Å². The lowest BCUT2D eigenvalue weighted by Gasteiger charge is -2.18. The summed E-state index contributed by atoms with van der Waals surface area (Å²) in [5.41, 5.74) is 0. The topological polar surface area (TPSA) is 78.9 Å². The number of carbonyl (C=O) groups is 3. The van der Waals surface area contributed by atoms with Crippen LogP contribution in [0.25, 0.3) is 0 Å². The van der Waals surface area contributed by atoms with E-state index in [0.717, 1.165) is 116 Å². The molecule has 0 fully saturated rings. The van der Waals surface area contributed by atoms with Crippen LogP contribution in [0.1, 0.15) is 297 Å². The fourth-order valence-electron chi connectivity index (χ4n) is 9.07. The number of unbranched alkanes of at least 4 members (excludes halogenated alkanes) is 25. The van der Waals surface area contributed by atoms with Gasteiger partial charge in [-0.15, -0.1) is 0 Å². The highest BCUT2D eigenvalue weighted by molar-refractivity contribution is 5.71. The second-order valence-electron chi connectivity index (χ2n) is 22.0. The molecule has 464 valence electrons. The van der Waals surface area contributed by atoms with Crippen LogP contribution in [0.15, 0.2) is 146 Å². The van der Waals surface area contributed by atoms with Gasteiger partial charge in [-0.1, -0.05) is 289 Å². The summed E-state index contributed by atoms with van der Waals surface area (Å²) in [6.45, 7) is 6.37. The molecule has 0 heterocycles. The van der Waals surface area contributed by atoms with Gasteiger partial charge in [0.15, 0.2) is 6.10 Å². The summed E-state index contributed by atoms with van der Waals surface area (Å²) in [5, 5.41) is 0. The van der Waals surface area contributed by atoms with Gasteiger partial charge in [-0.05, 0) is 135 Å². The summed E-state index contributed by atoms with van der Waals surface area (Å²) in [6, 6.07) is 0. The Morgan fingerprint density at radius 2 is 0.488 bits per heavy atom. The lowest BCUT2D eigenvalue weighted by Crippen LogP contribution is -2.30. The predicted octanol–water partition coefficient (Wildman–Crippen LogP) is 23.5. The molecule has 0 aliphatic heterocycles. The van der Waals surface area contributed by atoms with Crippen molar-refractivity contribution in [3.8, 4) is 0 Å². The third-order valence-electron chi connectivity index (χ3n) is 14.1. The van der Waals surface area contributed by atoms with Crippen LogP contribution in [-0.2, 0) is 28.6 Å². The second-order valence-corrected chi connectivity index (χ2v) is 22.0. The Labute approximate surface area is 506 Å². The minimum Gasteiger partial charge on any atom is -0.462 e. The zero-order valence-electron chi connectivity index (χ0n) is 53.2. The van der Waals surface area contributed by atoms with Gasteiger partial charge < -0.3 is 14.2 Å². The van der Waals surface area contributed by atoms with Crippen molar-refractivity contribution in [2.75, 3.05) is 13.2 Å².